The van der Waals surface area contributed by atoms with E-state index in [1.807, 2.05) is 16.8 Å². The van der Waals surface area contributed by atoms with Gasteiger partial charge in [0.2, 0.25) is 0 Å². The molecule has 0 aliphatic rings. The molecular weight excluding hydrogens is 138 g/mol. The van der Waals surface area contributed by atoms with Crippen LogP contribution in [0.25, 0.3) is 0 Å². The third-order valence-electron chi connectivity index (χ3n) is 1.48. The third kappa shape index (κ3) is 1.71. The van der Waals surface area contributed by atoms with Crippen molar-refractivity contribution in [1.82, 2.24) is 4.57 Å². The van der Waals surface area contributed by atoms with Gasteiger partial charge in [-0.2, -0.15) is 0 Å². The molecule has 2 heteroatoms. The van der Waals surface area contributed by atoms with Crippen LogP contribution < -0.4 is 0 Å². The first-order valence-electron chi connectivity index (χ1n) is 3.42. The summed E-state index contributed by atoms with van der Waals surface area (Å²) in [4.78, 5) is 10.4. The quantitative estimate of drug-likeness (QED) is 0.467. The van der Waals surface area contributed by atoms with E-state index in [2.05, 4.69) is 5.92 Å². The summed E-state index contributed by atoms with van der Waals surface area (Å²) in [6.07, 6.45) is 8.43. The van der Waals surface area contributed by atoms with E-state index in [1.165, 1.54) is 0 Å². The molecular formula is C9H9NO. The van der Waals surface area contributed by atoms with Crippen LogP contribution in [0.4, 0.5) is 0 Å². The molecule has 1 rings (SSSR count). The Balaban J connectivity index is 2.70. The number of carbonyl (C=O) groups excluding carboxylic acids is 1. The Morgan fingerprint density at radius 3 is 3.18 bits per heavy atom. The second-order valence-corrected chi connectivity index (χ2v) is 2.20. The minimum atomic E-state index is 0.662. The van der Waals surface area contributed by atoms with Crippen LogP contribution in [-0.2, 0) is 6.54 Å². The molecule has 1 heterocycles. The topological polar surface area (TPSA) is 22.0 Å². The van der Waals surface area contributed by atoms with Gasteiger partial charge in [0.05, 0.1) is 5.69 Å². The first-order valence-corrected chi connectivity index (χ1v) is 3.42. The molecule has 0 unspecified atom stereocenters. The maximum Gasteiger partial charge on any atom is 0.166 e. The normalized spacial score (nSPS) is 9.00. The molecule has 0 aliphatic heterocycles. The number of hydrogen-bond donors (Lipinski definition) is 0. The molecule has 0 N–H and O–H groups in total. The molecule has 0 saturated heterocycles. The van der Waals surface area contributed by atoms with Crippen molar-refractivity contribution < 1.29 is 4.79 Å². The van der Waals surface area contributed by atoms with Crippen molar-refractivity contribution >= 4 is 6.29 Å². The molecule has 1 aromatic rings. The highest BCUT2D eigenvalue weighted by Gasteiger charge is 1.95. The van der Waals surface area contributed by atoms with Crippen LogP contribution in [0.2, 0.25) is 0 Å². The molecule has 11 heavy (non-hydrogen) atoms. The van der Waals surface area contributed by atoms with Crippen molar-refractivity contribution in [2.45, 2.75) is 13.0 Å². The Hall–Kier alpha value is -1.49. The number of carbonyl (C=O) groups is 1. The van der Waals surface area contributed by atoms with Crippen LogP contribution in [0.5, 0.6) is 0 Å². The standard InChI is InChI=1S/C9H9NO/c1-2-3-6-10-7-4-5-9(10)8-11/h1,4-5,7-8H,3,6H2. The van der Waals surface area contributed by atoms with E-state index in [9.17, 15) is 4.79 Å². The van der Waals surface area contributed by atoms with E-state index in [0.717, 1.165) is 12.8 Å². The van der Waals surface area contributed by atoms with Gasteiger partial charge in [-0.15, -0.1) is 12.3 Å². The fraction of sp³-hybridized carbons (Fsp3) is 0.222. The Morgan fingerprint density at radius 2 is 2.55 bits per heavy atom. The zero-order valence-electron chi connectivity index (χ0n) is 6.16. The largest absolute Gasteiger partial charge is 0.344 e. The summed E-state index contributed by atoms with van der Waals surface area (Å²) in [6.45, 7) is 0.720. The lowest BCUT2D eigenvalue weighted by Crippen LogP contribution is -1.99. The number of hydrogen-bond acceptors (Lipinski definition) is 1. The molecule has 0 fully saturated rings. The highest BCUT2D eigenvalue weighted by Crippen LogP contribution is 1.99. The van der Waals surface area contributed by atoms with Gasteiger partial charge >= 0.3 is 0 Å². The van der Waals surface area contributed by atoms with E-state index < -0.39 is 0 Å². The van der Waals surface area contributed by atoms with Gasteiger partial charge in [-0.25, -0.2) is 0 Å². The number of rotatable bonds is 3. The van der Waals surface area contributed by atoms with Crippen LogP contribution in [0, 0.1) is 12.3 Å². The van der Waals surface area contributed by atoms with Crippen molar-refractivity contribution in [2.75, 3.05) is 0 Å². The molecule has 0 aromatic carbocycles. The van der Waals surface area contributed by atoms with Crippen molar-refractivity contribution in [3.05, 3.63) is 24.0 Å². The van der Waals surface area contributed by atoms with Gasteiger partial charge in [0, 0.05) is 19.2 Å². The molecule has 56 valence electrons. The Labute approximate surface area is 65.8 Å². The molecule has 0 saturated carbocycles. The maximum atomic E-state index is 10.4. The van der Waals surface area contributed by atoms with E-state index in [-0.39, 0.29) is 0 Å². The first-order chi connectivity index (χ1) is 5.38. The third-order valence-corrected chi connectivity index (χ3v) is 1.48. The molecule has 0 radical (unpaired) electrons. The minimum absolute atomic E-state index is 0.662. The minimum Gasteiger partial charge on any atom is -0.344 e. The molecule has 0 atom stereocenters. The predicted molar refractivity (Wildman–Crippen MR) is 43.3 cm³/mol. The van der Waals surface area contributed by atoms with Crippen molar-refractivity contribution in [2.24, 2.45) is 0 Å². The average molecular weight is 147 g/mol. The molecule has 0 amide bonds. The van der Waals surface area contributed by atoms with Gasteiger partial charge in [-0.3, -0.25) is 4.79 Å². The SMILES string of the molecule is C#CCCn1cccc1C=O. The summed E-state index contributed by atoms with van der Waals surface area (Å²) >= 11 is 0. The van der Waals surface area contributed by atoms with Gasteiger partial charge < -0.3 is 4.57 Å². The number of aldehydes is 1. The van der Waals surface area contributed by atoms with Crippen molar-refractivity contribution in [1.29, 1.82) is 0 Å². The monoisotopic (exact) mass is 147 g/mol. The zero-order chi connectivity index (χ0) is 8.10. The highest BCUT2D eigenvalue weighted by atomic mass is 16.1. The van der Waals surface area contributed by atoms with Gasteiger partial charge in [-0.1, -0.05) is 0 Å². The van der Waals surface area contributed by atoms with E-state index in [0.29, 0.717) is 12.1 Å². The second kappa shape index (κ2) is 3.62. The highest BCUT2D eigenvalue weighted by molar-refractivity contribution is 5.72. The Bertz CT molecular complexity index is 280. The Morgan fingerprint density at radius 1 is 1.73 bits per heavy atom. The van der Waals surface area contributed by atoms with Crippen LogP contribution >= 0.6 is 0 Å². The van der Waals surface area contributed by atoms with Gasteiger partial charge in [0.25, 0.3) is 0 Å². The number of nitrogens with zero attached hydrogens (tertiary/aromatic N) is 1. The fourth-order valence-electron chi connectivity index (χ4n) is 0.923. The van der Waals surface area contributed by atoms with Gasteiger partial charge in [0.15, 0.2) is 6.29 Å². The van der Waals surface area contributed by atoms with E-state index in [4.69, 9.17) is 6.42 Å². The molecule has 0 spiro atoms. The smallest absolute Gasteiger partial charge is 0.166 e. The van der Waals surface area contributed by atoms with Crippen LogP contribution in [0.15, 0.2) is 18.3 Å². The second-order valence-electron chi connectivity index (χ2n) is 2.20. The lowest BCUT2D eigenvalue weighted by Gasteiger charge is -1.99. The van der Waals surface area contributed by atoms with Crippen molar-refractivity contribution in [3.63, 3.8) is 0 Å². The summed E-state index contributed by atoms with van der Waals surface area (Å²) in [5.74, 6) is 2.52. The lowest BCUT2D eigenvalue weighted by atomic mass is 10.4. The molecule has 1 aromatic heterocycles. The average Bonchev–Trinajstić information content (AvgIpc) is 2.47. The number of aromatic nitrogens is 1. The zero-order valence-corrected chi connectivity index (χ0v) is 6.16. The van der Waals surface area contributed by atoms with Crippen LogP contribution in [0.3, 0.4) is 0 Å². The summed E-state index contributed by atoms with van der Waals surface area (Å²) in [7, 11) is 0. The van der Waals surface area contributed by atoms with Gasteiger partial charge in [0.1, 0.15) is 0 Å². The Kier molecular flexibility index (Phi) is 2.51. The van der Waals surface area contributed by atoms with Gasteiger partial charge in [-0.05, 0) is 12.1 Å². The van der Waals surface area contributed by atoms with Crippen LogP contribution in [0.1, 0.15) is 16.9 Å². The first kappa shape index (κ1) is 7.62. The maximum absolute atomic E-state index is 10.4. The lowest BCUT2D eigenvalue weighted by molar-refractivity contribution is 0.111. The van der Waals surface area contributed by atoms with Crippen LogP contribution in [-0.4, -0.2) is 10.9 Å². The summed E-state index contributed by atoms with van der Waals surface area (Å²) in [5, 5.41) is 0. The molecule has 0 aliphatic carbocycles. The predicted octanol–water partition coefficient (Wildman–Crippen LogP) is 1.32. The fourth-order valence-corrected chi connectivity index (χ4v) is 0.923. The van der Waals surface area contributed by atoms with Crippen molar-refractivity contribution in [3.8, 4) is 12.3 Å². The number of aryl methyl sites for hydroxylation is 1. The van der Waals surface area contributed by atoms with E-state index in [1.54, 1.807) is 6.07 Å². The summed E-state index contributed by atoms with van der Waals surface area (Å²) in [5.41, 5.74) is 0.681. The summed E-state index contributed by atoms with van der Waals surface area (Å²) in [6, 6.07) is 3.60. The number of terminal acetylenes is 1. The van der Waals surface area contributed by atoms with E-state index >= 15 is 0 Å². The molecule has 2 nitrogen and oxygen atoms in total. The molecule has 0 bridgehead atoms. The summed E-state index contributed by atoms with van der Waals surface area (Å²) < 4.78 is 1.84.